The van der Waals surface area contributed by atoms with E-state index in [4.69, 9.17) is 4.74 Å². The molecule has 0 radical (unpaired) electrons. The van der Waals surface area contributed by atoms with E-state index in [0.29, 0.717) is 5.92 Å². The first-order valence-electron chi connectivity index (χ1n) is 6.87. The summed E-state index contributed by atoms with van der Waals surface area (Å²) in [5.74, 6) is 1.38. The Bertz CT molecular complexity index is 463. The van der Waals surface area contributed by atoms with Crippen LogP contribution in [0.3, 0.4) is 0 Å². The molecular formula is C17H25NO. The Morgan fingerprint density at radius 3 is 2.32 bits per heavy atom. The van der Waals surface area contributed by atoms with Crippen molar-refractivity contribution in [1.29, 1.82) is 5.26 Å². The molecule has 0 aliphatic heterocycles. The molecule has 2 nitrogen and oxygen atoms in total. The Morgan fingerprint density at radius 1 is 1.26 bits per heavy atom. The highest BCUT2D eigenvalue weighted by atomic mass is 16.5. The van der Waals surface area contributed by atoms with E-state index in [9.17, 15) is 5.26 Å². The number of methoxy groups -OCH3 is 1. The summed E-state index contributed by atoms with van der Waals surface area (Å²) in [7, 11) is 1.69. The third-order valence-corrected chi connectivity index (χ3v) is 3.30. The first-order valence-corrected chi connectivity index (χ1v) is 6.87. The molecule has 0 saturated heterocycles. The number of nitrogens with zero attached hydrogens (tertiary/aromatic N) is 1. The topological polar surface area (TPSA) is 33.0 Å². The Kier molecular flexibility index (Phi) is 5.00. The Labute approximate surface area is 117 Å². The molecule has 0 N–H and O–H groups in total. The number of rotatable bonds is 4. The highest BCUT2D eigenvalue weighted by Crippen LogP contribution is 2.35. The van der Waals surface area contributed by atoms with Crippen LogP contribution in [-0.4, -0.2) is 7.11 Å². The molecule has 0 spiro atoms. The van der Waals surface area contributed by atoms with Crippen molar-refractivity contribution in [3.8, 4) is 11.8 Å². The van der Waals surface area contributed by atoms with Gasteiger partial charge in [-0.2, -0.15) is 5.26 Å². The van der Waals surface area contributed by atoms with E-state index in [0.717, 1.165) is 23.3 Å². The first kappa shape index (κ1) is 15.6. The van der Waals surface area contributed by atoms with Gasteiger partial charge in [0.25, 0.3) is 0 Å². The molecule has 0 saturated carbocycles. The lowest BCUT2D eigenvalue weighted by atomic mass is 9.82. The van der Waals surface area contributed by atoms with Crippen LogP contribution in [0.25, 0.3) is 0 Å². The smallest absolute Gasteiger partial charge is 0.122 e. The SMILES string of the molecule is COc1ccc(C(C#N)CC(C)C)cc1C(C)(C)C. The standard InChI is InChI=1S/C17H25NO/c1-12(2)9-14(11-18)13-7-8-16(19-6)15(10-13)17(3,4)5/h7-8,10,12,14H,9H2,1-6H3. The zero-order chi connectivity index (χ0) is 14.6. The number of benzene rings is 1. The quantitative estimate of drug-likeness (QED) is 0.788. The van der Waals surface area contributed by atoms with Crippen LogP contribution in [0.15, 0.2) is 18.2 Å². The molecule has 1 atom stereocenters. The first-order chi connectivity index (χ1) is 8.79. The molecule has 1 aromatic rings. The summed E-state index contributed by atoms with van der Waals surface area (Å²) in [6.07, 6.45) is 0.895. The van der Waals surface area contributed by atoms with E-state index in [1.807, 2.05) is 12.1 Å². The molecular weight excluding hydrogens is 234 g/mol. The second-order valence-electron chi connectivity index (χ2n) is 6.52. The van der Waals surface area contributed by atoms with Gasteiger partial charge in [-0.25, -0.2) is 0 Å². The van der Waals surface area contributed by atoms with Gasteiger partial charge in [0, 0.05) is 0 Å². The fourth-order valence-corrected chi connectivity index (χ4v) is 2.26. The van der Waals surface area contributed by atoms with Crippen LogP contribution in [-0.2, 0) is 5.41 Å². The maximum Gasteiger partial charge on any atom is 0.122 e. The predicted molar refractivity (Wildman–Crippen MR) is 79.5 cm³/mol. The van der Waals surface area contributed by atoms with Crippen molar-refractivity contribution in [2.24, 2.45) is 5.92 Å². The maximum atomic E-state index is 9.37. The third kappa shape index (κ3) is 3.99. The Morgan fingerprint density at radius 2 is 1.89 bits per heavy atom. The Balaban J connectivity index is 3.21. The van der Waals surface area contributed by atoms with Crippen LogP contribution < -0.4 is 4.74 Å². The summed E-state index contributed by atoms with van der Waals surface area (Å²) in [6.45, 7) is 10.8. The van der Waals surface area contributed by atoms with E-state index in [2.05, 4.69) is 46.8 Å². The molecule has 1 unspecified atom stereocenters. The van der Waals surface area contributed by atoms with E-state index in [1.165, 1.54) is 0 Å². The van der Waals surface area contributed by atoms with Crippen molar-refractivity contribution >= 4 is 0 Å². The van der Waals surface area contributed by atoms with Crippen molar-refractivity contribution in [2.75, 3.05) is 7.11 Å². The molecule has 104 valence electrons. The molecule has 0 heterocycles. The van der Waals surface area contributed by atoms with Gasteiger partial charge in [0.15, 0.2) is 0 Å². The highest BCUT2D eigenvalue weighted by molar-refractivity contribution is 5.43. The minimum Gasteiger partial charge on any atom is -0.496 e. The zero-order valence-electron chi connectivity index (χ0n) is 12.9. The van der Waals surface area contributed by atoms with Gasteiger partial charge >= 0.3 is 0 Å². The van der Waals surface area contributed by atoms with Gasteiger partial charge in [-0.15, -0.1) is 0 Å². The van der Waals surface area contributed by atoms with Crippen LogP contribution in [0.4, 0.5) is 0 Å². The normalized spacial score (nSPS) is 13.2. The molecule has 0 amide bonds. The second-order valence-corrected chi connectivity index (χ2v) is 6.52. The van der Waals surface area contributed by atoms with Crippen LogP contribution in [0.5, 0.6) is 5.75 Å². The van der Waals surface area contributed by atoms with Crippen molar-refractivity contribution in [2.45, 2.75) is 52.4 Å². The second kappa shape index (κ2) is 6.10. The zero-order valence-corrected chi connectivity index (χ0v) is 12.9. The van der Waals surface area contributed by atoms with Crippen LogP contribution in [0, 0.1) is 17.2 Å². The molecule has 0 fully saturated rings. The van der Waals surface area contributed by atoms with Crippen LogP contribution in [0.1, 0.15) is 58.1 Å². The lowest BCUT2D eigenvalue weighted by Crippen LogP contribution is -2.14. The third-order valence-electron chi connectivity index (χ3n) is 3.30. The summed E-state index contributed by atoms with van der Waals surface area (Å²) in [4.78, 5) is 0. The molecule has 0 aliphatic rings. The van der Waals surface area contributed by atoms with Crippen molar-refractivity contribution in [3.05, 3.63) is 29.3 Å². The molecule has 2 heteroatoms. The van der Waals surface area contributed by atoms with Crippen LogP contribution >= 0.6 is 0 Å². The van der Waals surface area contributed by atoms with E-state index >= 15 is 0 Å². The number of hydrogen-bond donors (Lipinski definition) is 0. The number of nitriles is 1. The Hall–Kier alpha value is -1.49. The summed E-state index contributed by atoms with van der Waals surface area (Å²) >= 11 is 0. The lowest BCUT2D eigenvalue weighted by molar-refractivity contribution is 0.397. The average Bonchev–Trinajstić information content (AvgIpc) is 2.34. The minimum atomic E-state index is -0.0352. The van der Waals surface area contributed by atoms with Crippen LogP contribution in [0.2, 0.25) is 0 Å². The van der Waals surface area contributed by atoms with Crippen molar-refractivity contribution in [1.82, 2.24) is 0 Å². The minimum absolute atomic E-state index is 0.0131. The molecule has 19 heavy (non-hydrogen) atoms. The molecule has 1 aromatic carbocycles. The maximum absolute atomic E-state index is 9.37. The van der Waals surface area contributed by atoms with Gasteiger partial charge in [-0.3, -0.25) is 0 Å². The van der Waals surface area contributed by atoms with Crippen molar-refractivity contribution < 1.29 is 4.74 Å². The highest BCUT2D eigenvalue weighted by Gasteiger charge is 2.21. The van der Waals surface area contributed by atoms with E-state index in [1.54, 1.807) is 7.11 Å². The molecule has 0 bridgehead atoms. The summed E-state index contributed by atoms with van der Waals surface area (Å²) < 4.78 is 5.44. The summed E-state index contributed by atoms with van der Waals surface area (Å²) in [5.41, 5.74) is 2.28. The number of ether oxygens (including phenoxy) is 1. The summed E-state index contributed by atoms with van der Waals surface area (Å²) in [6, 6.07) is 8.56. The molecule has 1 rings (SSSR count). The van der Waals surface area contributed by atoms with Crippen molar-refractivity contribution in [3.63, 3.8) is 0 Å². The number of hydrogen-bond acceptors (Lipinski definition) is 2. The van der Waals surface area contributed by atoms with Gasteiger partial charge in [0.2, 0.25) is 0 Å². The fraction of sp³-hybridized carbons (Fsp3) is 0.588. The van der Waals surface area contributed by atoms with Gasteiger partial charge < -0.3 is 4.74 Å². The van der Waals surface area contributed by atoms with Gasteiger partial charge in [-0.05, 0) is 34.9 Å². The monoisotopic (exact) mass is 259 g/mol. The molecule has 0 aromatic heterocycles. The summed E-state index contributed by atoms with van der Waals surface area (Å²) in [5, 5.41) is 9.37. The van der Waals surface area contributed by atoms with Gasteiger partial charge in [0.05, 0.1) is 19.1 Å². The average molecular weight is 259 g/mol. The van der Waals surface area contributed by atoms with Gasteiger partial charge in [0.1, 0.15) is 5.75 Å². The largest absolute Gasteiger partial charge is 0.496 e. The van der Waals surface area contributed by atoms with E-state index < -0.39 is 0 Å². The molecule has 0 aliphatic carbocycles. The van der Waals surface area contributed by atoms with E-state index in [-0.39, 0.29) is 11.3 Å². The fourth-order valence-electron chi connectivity index (χ4n) is 2.26. The predicted octanol–water partition coefficient (Wildman–Crippen LogP) is 4.65. The lowest BCUT2D eigenvalue weighted by Gasteiger charge is -2.24. The van der Waals surface area contributed by atoms with Gasteiger partial charge in [-0.1, -0.05) is 46.8 Å².